The standard InChI is InChI=1S/C11H17N5O2S/c1-7(2)9-6-15(3-4-19-9)11-13-5-8(16(17)18)10(12)14-11/h5,7,9H,3-4,6H2,1-2H3,(H2,12,13,14). The van der Waals surface area contributed by atoms with Crippen LogP contribution >= 0.6 is 11.8 Å². The van der Waals surface area contributed by atoms with Gasteiger partial charge in [-0.05, 0) is 5.92 Å². The summed E-state index contributed by atoms with van der Waals surface area (Å²) in [4.78, 5) is 20.3. The van der Waals surface area contributed by atoms with Crippen molar-refractivity contribution in [1.82, 2.24) is 9.97 Å². The van der Waals surface area contributed by atoms with E-state index in [4.69, 9.17) is 5.73 Å². The normalized spacial score (nSPS) is 19.7. The summed E-state index contributed by atoms with van der Waals surface area (Å²) in [5.41, 5.74) is 5.36. The molecule has 0 aromatic carbocycles. The smallest absolute Gasteiger partial charge is 0.329 e. The van der Waals surface area contributed by atoms with Crippen molar-refractivity contribution in [3.05, 3.63) is 16.3 Å². The van der Waals surface area contributed by atoms with Crippen molar-refractivity contribution in [3.8, 4) is 0 Å². The average Bonchev–Trinajstić information content (AvgIpc) is 2.38. The summed E-state index contributed by atoms with van der Waals surface area (Å²) in [5, 5.41) is 11.2. The highest BCUT2D eigenvalue weighted by Crippen LogP contribution is 2.28. The van der Waals surface area contributed by atoms with Gasteiger partial charge in [-0.15, -0.1) is 0 Å². The zero-order valence-corrected chi connectivity index (χ0v) is 11.8. The van der Waals surface area contributed by atoms with Crippen LogP contribution in [0.25, 0.3) is 0 Å². The molecule has 2 rings (SSSR count). The van der Waals surface area contributed by atoms with Crippen LogP contribution in [0.2, 0.25) is 0 Å². The van der Waals surface area contributed by atoms with Gasteiger partial charge in [0.2, 0.25) is 11.8 Å². The highest BCUT2D eigenvalue weighted by Gasteiger charge is 2.25. The summed E-state index contributed by atoms with van der Waals surface area (Å²) < 4.78 is 0. The highest BCUT2D eigenvalue weighted by atomic mass is 32.2. The predicted molar refractivity (Wildman–Crippen MR) is 76.4 cm³/mol. The van der Waals surface area contributed by atoms with Crippen LogP contribution in [0.15, 0.2) is 6.20 Å². The Morgan fingerprint density at radius 2 is 2.37 bits per heavy atom. The second-order valence-electron chi connectivity index (χ2n) is 4.80. The lowest BCUT2D eigenvalue weighted by atomic mass is 10.1. The number of aromatic nitrogens is 2. The second-order valence-corrected chi connectivity index (χ2v) is 6.14. The molecule has 104 valence electrons. The van der Waals surface area contributed by atoms with E-state index in [0.717, 1.165) is 18.8 Å². The van der Waals surface area contributed by atoms with Gasteiger partial charge in [0, 0.05) is 24.1 Å². The van der Waals surface area contributed by atoms with Gasteiger partial charge in [-0.25, -0.2) is 4.98 Å². The molecule has 1 fully saturated rings. The molecule has 0 amide bonds. The second kappa shape index (κ2) is 5.60. The third-order valence-electron chi connectivity index (χ3n) is 3.10. The van der Waals surface area contributed by atoms with Gasteiger partial charge in [0.05, 0.1) is 4.92 Å². The Bertz CT molecular complexity index is 482. The fraction of sp³-hybridized carbons (Fsp3) is 0.636. The van der Waals surface area contributed by atoms with Crippen LogP contribution in [0, 0.1) is 16.0 Å². The van der Waals surface area contributed by atoms with E-state index in [1.807, 2.05) is 16.7 Å². The first-order valence-corrected chi connectivity index (χ1v) is 7.17. The van der Waals surface area contributed by atoms with E-state index >= 15 is 0 Å². The van der Waals surface area contributed by atoms with Gasteiger partial charge in [0.25, 0.3) is 0 Å². The average molecular weight is 283 g/mol. The topological polar surface area (TPSA) is 98.2 Å². The lowest BCUT2D eigenvalue weighted by Gasteiger charge is -2.34. The zero-order valence-electron chi connectivity index (χ0n) is 10.9. The largest absolute Gasteiger partial charge is 0.378 e. The first-order chi connectivity index (χ1) is 8.99. The molecule has 0 aliphatic carbocycles. The molecule has 2 heterocycles. The molecule has 0 bridgehead atoms. The lowest BCUT2D eigenvalue weighted by molar-refractivity contribution is -0.384. The quantitative estimate of drug-likeness (QED) is 0.663. The van der Waals surface area contributed by atoms with E-state index in [2.05, 4.69) is 23.8 Å². The number of thioether (sulfide) groups is 1. The van der Waals surface area contributed by atoms with E-state index in [1.165, 1.54) is 6.20 Å². The Balaban J connectivity index is 2.18. The minimum absolute atomic E-state index is 0.0747. The van der Waals surface area contributed by atoms with Crippen LogP contribution in [-0.4, -0.2) is 39.0 Å². The summed E-state index contributed by atoms with van der Waals surface area (Å²) >= 11 is 1.95. The molecule has 1 aromatic rings. The summed E-state index contributed by atoms with van der Waals surface area (Å²) in [6, 6.07) is 0. The molecule has 1 atom stereocenters. The molecular formula is C11H17N5O2S. The van der Waals surface area contributed by atoms with Crippen molar-refractivity contribution in [2.24, 2.45) is 5.92 Å². The van der Waals surface area contributed by atoms with Crippen LogP contribution in [-0.2, 0) is 0 Å². The van der Waals surface area contributed by atoms with Crippen LogP contribution in [0.4, 0.5) is 17.5 Å². The Labute approximate surface area is 115 Å². The molecule has 0 radical (unpaired) electrons. The number of nitro groups is 1. The maximum absolute atomic E-state index is 10.7. The molecule has 1 aliphatic heterocycles. The minimum atomic E-state index is -0.567. The van der Waals surface area contributed by atoms with Gasteiger partial charge in [-0.1, -0.05) is 13.8 Å². The first kappa shape index (κ1) is 13.9. The van der Waals surface area contributed by atoms with Crippen molar-refractivity contribution in [2.75, 3.05) is 29.5 Å². The summed E-state index contributed by atoms with van der Waals surface area (Å²) in [7, 11) is 0. The SMILES string of the molecule is CC(C)C1CN(c2ncc([N+](=O)[O-])c(N)n2)CCS1. The maximum atomic E-state index is 10.7. The molecule has 1 saturated heterocycles. The fourth-order valence-corrected chi connectivity index (χ4v) is 3.23. The van der Waals surface area contributed by atoms with Crippen molar-refractivity contribution < 1.29 is 4.92 Å². The minimum Gasteiger partial charge on any atom is -0.378 e. The third-order valence-corrected chi connectivity index (χ3v) is 4.64. The van der Waals surface area contributed by atoms with Crippen molar-refractivity contribution in [2.45, 2.75) is 19.1 Å². The Hall–Kier alpha value is -1.57. The summed E-state index contributed by atoms with van der Waals surface area (Å²) in [6.07, 6.45) is 1.18. The number of nitrogens with zero attached hydrogens (tertiary/aromatic N) is 4. The van der Waals surface area contributed by atoms with E-state index < -0.39 is 4.92 Å². The number of hydrogen-bond acceptors (Lipinski definition) is 7. The van der Waals surface area contributed by atoms with Gasteiger partial charge in [-0.2, -0.15) is 16.7 Å². The van der Waals surface area contributed by atoms with Crippen LogP contribution in [0.5, 0.6) is 0 Å². The van der Waals surface area contributed by atoms with E-state index in [9.17, 15) is 10.1 Å². The van der Waals surface area contributed by atoms with Gasteiger partial charge in [0.1, 0.15) is 6.20 Å². The molecule has 1 aromatic heterocycles. The summed E-state index contributed by atoms with van der Waals surface area (Å²) in [5.74, 6) is 1.98. The van der Waals surface area contributed by atoms with Gasteiger partial charge >= 0.3 is 5.69 Å². The Morgan fingerprint density at radius 3 is 2.95 bits per heavy atom. The molecule has 19 heavy (non-hydrogen) atoms. The third kappa shape index (κ3) is 3.06. The number of hydrogen-bond donors (Lipinski definition) is 1. The molecular weight excluding hydrogens is 266 g/mol. The van der Waals surface area contributed by atoms with E-state index in [1.54, 1.807) is 0 Å². The maximum Gasteiger partial charge on any atom is 0.329 e. The molecule has 7 nitrogen and oxygen atoms in total. The molecule has 1 unspecified atom stereocenters. The zero-order chi connectivity index (χ0) is 14.0. The van der Waals surface area contributed by atoms with Gasteiger partial charge < -0.3 is 10.6 Å². The van der Waals surface area contributed by atoms with Crippen LogP contribution in [0.1, 0.15) is 13.8 Å². The van der Waals surface area contributed by atoms with Crippen molar-refractivity contribution in [3.63, 3.8) is 0 Å². The molecule has 8 heteroatoms. The molecule has 0 saturated carbocycles. The monoisotopic (exact) mass is 283 g/mol. The number of anilines is 2. The van der Waals surface area contributed by atoms with Crippen LogP contribution in [0.3, 0.4) is 0 Å². The predicted octanol–water partition coefficient (Wildman–Crippen LogP) is 1.54. The number of rotatable bonds is 3. The van der Waals surface area contributed by atoms with Gasteiger partial charge in [0.15, 0.2) is 0 Å². The van der Waals surface area contributed by atoms with Crippen molar-refractivity contribution in [1.29, 1.82) is 0 Å². The van der Waals surface area contributed by atoms with Crippen LogP contribution < -0.4 is 10.6 Å². The van der Waals surface area contributed by atoms with Gasteiger partial charge in [-0.3, -0.25) is 10.1 Å². The first-order valence-electron chi connectivity index (χ1n) is 6.12. The van der Waals surface area contributed by atoms with E-state index in [0.29, 0.717) is 17.1 Å². The number of nitrogens with two attached hydrogens (primary N) is 1. The molecule has 1 aliphatic rings. The highest BCUT2D eigenvalue weighted by molar-refractivity contribution is 8.00. The Kier molecular flexibility index (Phi) is 4.08. The van der Waals surface area contributed by atoms with Crippen molar-refractivity contribution >= 4 is 29.2 Å². The summed E-state index contributed by atoms with van der Waals surface area (Å²) in [6.45, 7) is 6.06. The molecule has 2 N–H and O–H groups in total. The fourth-order valence-electron chi connectivity index (χ4n) is 1.93. The lowest BCUT2D eigenvalue weighted by Crippen LogP contribution is -2.41. The van der Waals surface area contributed by atoms with E-state index in [-0.39, 0.29) is 11.5 Å². The number of nitrogen functional groups attached to an aromatic ring is 1. The Morgan fingerprint density at radius 1 is 1.63 bits per heavy atom. The molecule has 0 spiro atoms.